The maximum absolute atomic E-state index is 12.5. The van der Waals surface area contributed by atoms with Crippen molar-refractivity contribution in [3.05, 3.63) is 71.8 Å². The Balaban J connectivity index is 1.60. The van der Waals surface area contributed by atoms with Crippen LogP contribution < -0.4 is 10.0 Å². The fourth-order valence-corrected chi connectivity index (χ4v) is 4.05. The Hall–Kier alpha value is -2.70. The van der Waals surface area contributed by atoms with E-state index in [-0.39, 0.29) is 23.8 Å². The van der Waals surface area contributed by atoms with Gasteiger partial charge < -0.3 is 5.32 Å². The lowest BCUT2D eigenvalue weighted by molar-refractivity contribution is -0.116. The molecule has 0 saturated heterocycles. The highest BCUT2D eigenvalue weighted by atomic mass is 32.2. The zero-order chi connectivity index (χ0) is 19.4. The van der Waals surface area contributed by atoms with E-state index in [9.17, 15) is 13.2 Å². The van der Waals surface area contributed by atoms with Gasteiger partial charge in [0, 0.05) is 18.7 Å². The van der Waals surface area contributed by atoms with E-state index in [4.69, 9.17) is 0 Å². The van der Waals surface area contributed by atoms with Gasteiger partial charge in [-0.3, -0.25) is 4.79 Å². The summed E-state index contributed by atoms with van der Waals surface area (Å²) in [5, 5.41) is 4.63. The van der Waals surface area contributed by atoms with Gasteiger partial charge in [-0.25, -0.2) is 13.1 Å². The molecule has 0 saturated carbocycles. The monoisotopic (exact) mass is 382 g/mol. The third kappa shape index (κ3) is 4.93. The zero-order valence-electron chi connectivity index (χ0n) is 15.3. The molecule has 3 aromatic carbocycles. The molecule has 0 heterocycles. The number of aryl methyl sites for hydroxylation is 2. The van der Waals surface area contributed by atoms with Crippen LogP contribution in [0.15, 0.2) is 65.6 Å². The number of sulfonamides is 1. The summed E-state index contributed by atoms with van der Waals surface area (Å²) in [4.78, 5) is 12.3. The summed E-state index contributed by atoms with van der Waals surface area (Å²) in [5.74, 6) is -0.235. The molecule has 0 bridgehead atoms. The van der Waals surface area contributed by atoms with E-state index < -0.39 is 10.0 Å². The van der Waals surface area contributed by atoms with E-state index >= 15 is 0 Å². The molecule has 140 valence electrons. The average Bonchev–Trinajstić information content (AvgIpc) is 2.60. The number of nitrogens with one attached hydrogen (secondary N) is 2. The summed E-state index contributed by atoms with van der Waals surface area (Å²) in [6.45, 7) is 3.95. The molecule has 0 fully saturated rings. The minimum Gasteiger partial charge on any atom is -0.326 e. The molecule has 0 unspecified atom stereocenters. The molecule has 0 aliphatic rings. The van der Waals surface area contributed by atoms with Gasteiger partial charge in [0.1, 0.15) is 0 Å². The van der Waals surface area contributed by atoms with Gasteiger partial charge in [-0.2, -0.15) is 0 Å². The zero-order valence-corrected chi connectivity index (χ0v) is 16.1. The van der Waals surface area contributed by atoms with E-state index in [0.717, 1.165) is 27.6 Å². The SMILES string of the molecule is Cc1cc(C)cc(NC(=O)CCNS(=O)(=O)c2ccc3ccccc3c2)c1. The molecule has 6 heteroatoms. The third-order valence-corrected chi connectivity index (χ3v) is 5.64. The average molecular weight is 382 g/mol. The molecule has 2 N–H and O–H groups in total. The number of benzene rings is 3. The first kappa shape index (κ1) is 19.1. The Kier molecular flexibility index (Phi) is 5.58. The van der Waals surface area contributed by atoms with Gasteiger partial charge in [-0.05, 0) is 60.0 Å². The van der Waals surface area contributed by atoms with Gasteiger partial charge in [-0.1, -0.05) is 36.4 Å². The van der Waals surface area contributed by atoms with Crippen molar-refractivity contribution in [2.45, 2.75) is 25.2 Å². The van der Waals surface area contributed by atoms with Crippen LogP contribution >= 0.6 is 0 Å². The van der Waals surface area contributed by atoms with Crippen molar-refractivity contribution in [1.29, 1.82) is 0 Å². The summed E-state index contributed by atoms with van der Waals surface area (Å²) < 4.78 is 27.4. The lowest BCUT2D eigenvalue weighted by atomic mass is 10.1. The molecule has 0 atom stereocenters. The highest BCUT2D eigenvalue weighted by molar-refractivity contribution is 7.89. The molecular formula is C21H22N2O3S. The Labute approximate surface area is 159 Å². The second-order valence-corrected chi connectivity index (χ2v) is 8.35. The predicted molar refractivity (Wildman–Crippen MR) is 108 cm³/mol. The van der Waals surface area contributed by atoms with Gasteiger partial charge >= 0.3 is 0 Å². The van der Waals surface area contributed by atoms with E-state index in [1.54, 1.807) is 18.2 Å². The summed E-state index contributed by atoms with van der Waals surface area (Å²) in [6.07, 6.45) is 0.0554. The fourth-order valence-electron chi connectivity index (χ4n) is 2.99. The van der Waals surface area contributed by atoms with E-state index in [2.05, 4.69) is 10.0 Å². The molecule has 3 rings (SSSR count). The predicted octanol–water partition coefficient (Wildman–Crippen LogP) is 3.76. The normalized spacial score (nSPS) is 11.5. The van der Waals surface area contributed by atoms with Crippen molar-refractivity contribution in [2.24, 2.45) is 0 Å². The lowest BCUT2D eigenvalue weighted by Crippen LogP contribution is -2.27. The highest BCUT2D eigenvalue weighted by Gasteiger charge is 2.14. The molecule has 27 heavy (non-hydrogen) atoms. The third-order valence-electron chi connectivity index (χ3n) is 4.18. The molecule has 5 nitrogen and oxygen atoms in total. The van der Waals surface area contributed by atoms with Gasteiger partial charge in [0.05, 0.1) is 4.90 Å². The minimum absolute atomic E-state index is 0.0335. The second-order valence-electron chi connectivity index (χ2n) is 6.58. The van der Waals surface area contributed by atoms with Crippen LogP contribution in [0, 0.1) is 13.8 Å². The Morgan fingerprint density at radius 3 is 2.26 bits per heavy atom. The van der Waals surface area contributed by atoms with Crippen molar-refractivity contribution in [3.8, 4) is 0 Å². The maximum Gasteiger partial charge on any atom is 0.240 e. The first-order chi connectivity index (χ1) is 12.8. The van der Waals surface area contributed by atoms with Crippen LogP contribution in [0.1, 0.15) is 17.5 Å². The summed E-state index contributed by atoms with van der Waals surface area (Å²) >= 11 is 0. The quantitative estimate of drug-likeness (QED) is 0.681. The Bertz CT molecular complexity index is 1070. The Morgan fingerprint density at radius 1 is 0.889 bits per heavy atom. The number of hydrogen-bond acceptors (Lipinski definition) is 3. The number of amides is 1. The number of hydrogen-bond donors (Lipinski definition) is 2. The number of carbonyl (C=O) groups is 1. The van der Waals surface area contributed by atoms with Crippen LogP contribution in [-0.4, -0.2) is 20.9 Å². The Morgan fingerprint density at radius 2 is 1.56 bits per heavy atom. The lowest BCUT2D eigenvalue weighted by Gasteiger charge is -2.09. The maximum atomic E-state index is 12.5. The van der Waals surface area contributed by atoms with Crippen molar-refractivity contribution in [3.63, 3.8) is 0 Å². The van der Waals surface area contributed by atoms with Crippen molar-refractivity contribution < 1.29 is 13.2 Å². The summed E-state index contributed by atoms with van der Waals surface area (Å²) in [7, 11) is -3.66. The molecule has 0 spiro atoms. The van der Waals surface area contributed by atoms with Crippen LogP contribution in [0.4, 0.5) is 5.69 Å². The van der Waals surface area contributed by atoms with E-state index in [0.29, 0.717) is 0 Å². The molecule has 0 aliphatic heterocycles. The van der Waals surface area contributed by atoms with E-state index in [1.807, 2.05) is 56.3 Å². The number of anilines is 1. The van der Waals surface area contributed by atoms with Crippen LogP contribution in [0.2, 0.25) is 0 Å². The molecule has 0 radical (unpaired) electrons. The second kappa shape index (κ2) is 7.90. The first-order valence-corrected chi connectivity index (χ1v) is 10.2. The number of carbonyl (C=O) groups excluding carboxylic acids is 1. The number of fused-ring (bicyclic) bond motifs is 1. The molecular weight excluding hydrogens is 360 g/mol. The van der Waals surface area contributed by atoms with Crippen molar-refractivity contribution in [2.75, 3.05) is 11.9 Å². The number of rotatable bonds is 6. The van der Waals surface area contributed by atoms with E-state index in [1.165, 1.54) is 0 Å². The van der Waals surface area contributed by atoms with Crippen LogP contribution in [0.3, 0.4) is 0 Å². The van der Waals surface area contributed by atoms with Crippen molar-refractivity contribution in [1.82, 2.24) is 4.72 Å². The van der Waals surface area contributed by atoms with Crippen LogP contribution in [0.5, 0.6) is 0 Å². The standard InChI is InChI=1S/C21H22N2O3S/c1-15-11-16(2)13-19(12-15)23-21(24)9-10-22-27(25,26)20-8-7-17-5-3-4-6-18(17)14-20/h3-8,11-14,22H,9-10H2,1-2H3,(H,23,24). The highest BCUT2D eigenvalue weighted by Crippen LogP contribution is 2.19. The van der Waals surface area contributed by atoms with Gasteiger partial charge in [0.2, 0.25) is 15.9 Å². The summed E-state index contributed by atoms with van der Waals surface area (Å²) in [5.41, 5.74) is 2.83. The fraction of sp³-hybridized carbons (Fsp3) is 0.190. The van der Waals surface area contributed by atoms with Crippen LogP contribution in [0.25, 0.3) is 10.8 Å². The molecule has 3 aromatic rings. The van der Waals surface area contributed by atoms with Crippen LogP contribution in [-0.2, 0) is 14.8 Å². The summed E-state index contributed by atoms with van der Waals surface area (Å²) in [6, 6.07) is 18.3. The first-order valence-electron chi connectivity index (χ1n) is 8.70. The minimum atomic E-state index is -3.66. The molecule has 0 aliphatic carbocycles. The molecule has 1 amide bonds. The van der Waals surface area contributed by atoms with Gasteiger partial charge in [-0.15, -0.1) is 0 Å². The molecule has 0 aromatic heterocycles. The largest absolute Gasteiger partial charge is 0.326 e. The van der Waals surface area contributed by atoms with Crippen molar-refractivity contribution >= 4 is 32.4 Å². The topological polar surface area (TPSA) is 75.3 Å². The van der Waals surface area contributed by atoms with Gasteiger partial charge in [0.15, 0.2) is 0 Å². The smallest absolute Gasteiger partial charge is 0.240 e. The van der Waals surface area contributed by atoms with Gasteiger partial charge in [0.25, 0.3) is 0 Å².